The molecule has 0 aromatic rings. The Bertz CT molecular complexity index is 234. The summed E-state index contributed by atoms with van der Waals surface area (Å²) in [4.78, 5) is 0. The molecule has 0 aromatic heterocycles. The van der Waals surface area contributed by atoms with Crippen LogP contribution in [0.2, 0.25) is 0 Å². The molecule has 0 amide bonds. The van der Waals surface area contributed by atoms with Gasteiger partial charge in [0, 0.05) is 5.41 Å². The fraction of sp³-hybridized carbons (Fsp3) is 1.00. The van der Waals surface area contributed by atoms with Crippen molar-refractivity contribution >= 4 is 0 Å². The third-order valence-corrected chi connectivity index (χ3v) is 4.77. The first-order valence-corrected chi connectivity index (χ1v) is 7.06. The third kappa shape index (κ3) is 3.69. The topological polar surface area (TPSA) is 46.2 Å². The molecule has 17 heavy (non-hydrogen) atoms. The highest BCUT2D eigenvalue weighted by Crippen LogP contribution is 2.42. The number of nitrogens with two attached hydrogens (primary N) is 1. The van der Waals surface area contributed by atoms with E-state index in [9.17, 15) is 5.11 Å². The van der Waals surface area contributed by atoms with E-state index in [1.54, 1.807) is 0 Å². The van der Waals surface area contributed by atoms with E-state index in [0.29, 0.717) is 17.9 Å². The van der Waals surface area contributed by atoms with Crippen LogP contribution in [-0.2, 0) is 0 Å². The van der Waals surface area contributed by atoms with Gasteiger partial charge in [-0.05, 0) is 49.5 Å². The van der Waals surface area contributed by atoms with E-state index in [4.69, 9.17) is 5.73 Å². The summed E-state index contributed by atoms with van der Waals surface area (Å²) in [7, 11) is 0. The monoisotopic (exact) mass is 241 g/mol. The Morgan fingerprint density at radius 2 is 1.53 bits per heavy atom. The second kappa shape index (κ2) is 5.27. The molecule has 0 aliphatic heterocycles. The molecule has 1 saturated carbocycles. The first-order valence-electron chi connectivity index (χ1n) is 7.06. The number of aliphatic hydroxyl groups is 1. The molecule has 0 aromatic carbocycles. The van der Waals surface area contributed by atoms with Crippen molar-refractivity contribution in [3.05, 3.63) is 0 Å². The van der Waals surface area contributed by atoms with Gasteiger partial charge in [-0.1, -0.05) is 34.6 Å². The molecule has 1 aliphatic carbocycles. The Balaban J connectivity index is 2.53. The zero-order valence-electron chi connectivity index (χ0n) is 12.3. The lowest BCUT2D eigenvalue weighted by Crippen LogP contribution is -2.43. The van der Waals surface area contributed by atoms with Crippen LogP contribution in [-0.4, -0.2) is 17.8 Å². The Kier molecular flexibility index (Phi) is 4.65. The molecule has 0 bridgehead atoms. The van der Waals surface area contributed by atoms with E-state index in [0.717, 1.165) is 18.8 Å². The van der Waals surface area contributed by atoms with Gasteiger partial charge in [-0.25, -0.2) is 0 Å². The van der Waals surface area contributed by atoms with E-state index in [2.05, 4.69) is 34.6 Å². The van der Waals surface area contributed by atoms with Crippen molar-refractivity contribution in [2.75, 3.05) is 6.54 Å². The lowest BCUT2D eigenvalue weighted by molar-refractivity contribution is -0.0196. The van der Waals surface area contributed by atoms with Crippen LogP contribution >= 0.6 is 0 Å². The second-order valence-corrected chi connectivity index (χ2v) is 7.62. The molecule has 2 nitrogen and oxygen atoms in total. The van der Waals surface area contributed by atoms with Crippen molar-refractivity contribution in [2.45, 2.75) is 66.4 Å². The minimum absolute atomic E-state index is 0.140. The zero-order chi connectivity index (χ0) is 13.3. The standard InChI is InChI=1S/C15H31NO/c1-14(2,3)12-8-6-11(7-9-12)13(17)15(4,5)10-16/h11-13,17H,6-10,16H2,1-5H3. The van der Waals surface area contributed by atoms with Crippen LogP contribution in [0.4, 0.5) is 0 Å². The number of aliphatic hydroxyl groups excluding tert-OH is 1. The maximum atomic E-state index is 10.4. The highest BCUT2D eigenvalue weighted by molar-refractivity contribution is 4.89. The Labute approximate surface area is 107 Å². The Morgan fingerprint density at radius 1 is 1.06 bits per heavy atom. The maximum Gasteiger partial charge on any atom is 0.0631 e. The molecule has 2 heteroatoms. The summed E-state index contributed by atoms with van der Waals surface area (Å²) in [5.74, 6) is 1.26. The van der Waals surface area contributed by atoms with Gasteiger partial charge in [0.25, 0.3) is 0 Å². The van der Waals surface area contributed by atoms with Crippen molar-refractivity contribution in [1.29, 1.82) is 0 Å². The van der Waals surface area contributed by atoms with Crippen LogP contribution in [0, 0.1) is 22.7 Å². The predicted octanol–water partition coefficient (Wildman–Crippen LogP) is 3.18. The van der Waals surface area contributed by atoms with Gasteiger partial charge in [-0.15, -0.1) is 0 Å². The molecule has 1 unspecified atom stereocenters. The van der Waals surface area contributed by atoms with Crippen LogP contribution in [0.15, 0.2) is 0 Å². The summed E-state index contributed by atoms with van der Waals surface area (Å²) >= 11 is 0. The van der Waals surface area contributed by atoms with Gasteiger partial charge in [0.1, 0.15) is 0 Å². The molecular formula is C15H31NO. The van der Waals surface area contributed by atoms with Crippen molar-refractivity contribution in [2.24, 2.45) is 28.4 Å². The summed E-state index contributed by atoms with van der Waals surface area (Å²) < 4.78 is 0. The zero-order valence-corrected chi connectivity index (χ0v) is 12.3. The van der Waals surface area contributed by atoms with Crippen molar-refractivity contribution in [3.63, 3.8) is 0 Å². The fourth-order valence-electron chi connectivity index (χ4n) is 3.06. The number of hydrogen-bond acceptors (Lipinski definition) is 2. The van der Waals surface area contributed by atoms with Gasteiger partial charge in [-0.2, -0.15) is 0 Å². The normalized spacial score (nSPS) is 29.1. The quantitative estimate of drug-likeness (QED) is 0.797. The van der Waals surface area contributed by atoms with Crippen LogP contribution in [0.25, 0.3) is 0 Å². The molecular weight excluding hydrogens is 210 g/mol. The van der Waals surface area contributed by atoms with E-state index in [-0.39, 0.29) is 11.5 Å². The molecule has 1 aliphatic rings. The third-order valence-electron chi connectivity index (χ3n) is 4.77. The lowest BCUT2D eigenvalue weighted by Gasteiger charge is -2.42. The number of hydrogen-bond donors (Lipinski definition) is 2. The van der Waals surface area contributed by atoms with Gasteiger partial charge in [0.15, 0.2) is 0 Å². The second-order valence-electron chi connectivity index (χ2n) is 7.62. The molecule has 1 fully saturated rings. The lowest BCUT2D eigenvalue weighted by atomic mass is 9.66. The number of rotatable bonds is 3. The predicted molar refractivity (Wildman–Crippen MR) is 73.7 cm³/mol. The molecule has 0 saturated heterocycles. The van der Waals surface area contributed by atoms with Gasteiger partial charge in [-0.3, -0.25) is 0 Å². The minimum Gasteiger partial charge on any atom is -0.392 e. The summed E-state index contributed by atoms with van der Waals surface area (Å²) in [5, 5.41) is 10.4. The summed E-state index contributed by atoms with van der Waals surface area (Å²) in [5.41, 5.74) is 6.03. The maximum absolute atomic E-state index is 10.4. The summed E-state index contributed by atoms with van der Waals surface area (Å²) in [6.45, 7) is 11.7. The van der Waals surface area contributed by atoms with Gasteiger partial charge >= 0.3 is 0 Å². The van der Waals surface area contributed by atoms with Crippen molar-refractivity contribution in [1.82, 2.24) is 0 Å². The molecule has 0 spiro atoms. The minimum atomic E-state index is -0.242. The van der Waals surface area contributed by atoms with E-state index >= 15 is 0 Å². The summed E-state index contributed by atoms with van der Waals surface area (Å²) in [6, 6.07) is 0. The first-order chi connectivity index (χ1) is 7.68. The SMILES string of the molecule is CC(C)(C)C1CCC(C(O)C(C)(C)CN)CC1. The molecule has 1 rings (SSSR count). The molecule has 0 radical (unpaired) electrons. The summed E-state index contributed by atoms with van der Waals surface area (Å²) in [6.07, 6.45) is 4.59. The van der Waals surface area contributed by atoms with Crippen LogP contribution in [0.3, 0.4) is 0 Å². The van der Waals surface area contributed by atoms with E-state index in [1.165, 1.54) is 12.8 Å². The first kappa shape index (κ1) is 15.0. The van der Waals surface area contributed by atoms with E-state index < -0.39 is 0 Å². The average Bonchev–Trinajstić information content (AvgIpc) is 2.27. The largest absolute Gasteiger partial charge is 0.392 e. The smallest absolute Gasteiger partial charge is 0.0631 e. The molecule has 3 N–H and O–H groups in total. The highest BCUT2D eigenvalue weighted by atomic mass is 16.3. The Morgan fingerprint density at radius 3 is 1.88 bits per heavy atom. The van der Waals surface area contributed by atoms with Crippen molar-refractivity contribution < 1.29 is 5.11 Å². The molecule has 0 heterocycles. The highest BCUT2D eigenvalue weighted by Gasteiger charge is 2.37. The van der Waals surface area contributed by atoms with Crippen LogP contribution < -0.4 is 5.73 Å². The van der Waals surface area contributed by atoms with E-state index in [1.807, 2.05) is 0 Å². The van der Waals surface area contributed by atoms with Gasteiger partial charge in [0.05, 0.1) is 6.10 Å². The Hall–Kier alpha value is -0.0800. The van der Waals surface area contributed by atoms with Crippen molar-refractivity contribution in [3.8, 4) is 0 Å². The van der Waals surface area contributed by atoms with Gasteiger partial charge < -0.3 is 10.8 Å². The van der Waals surface area contributed by atoms with Crippen LogP contribution in [0.1, 0.15) is 60.3 Å². The average molecular weight is 241 g/mol. The van der Waals surface area contributed by atoms with Gasteiger partial charge in [0.2, 0.25) is 0 Å². The molecule has 1 atom stereocenters. The fourth-order valence-corrected chi connectivity index (χ4v) is 3.06. The van der Waals surface area contributed by atoms with Crippen LogP contribution in [0.5, 0.6) is 0 Å². The molecule has 102 valence electrons.